The number of nitriles is 1. The Balaban J connectivity index is 4.18. The number of rotatable bonds is 3. The van der Waals surface area contributed by atoms with E-state index in [1.807, 2.05) is 0 Å². The molecule has 1 N–H and O–H groups in total. The Morgan fingerprint density at radius 2 is 2.45 bits per heavy atom. The molecule has 5 heteroatoms. The number of nitrogens with zero attached hydrogens (tertiary/aromatic N) is 1. The first-order chi connectivity index (χ1) is 5.13. The number of halogens is 1. The summed E-state index contributed by atoms with van der Waals surface area (Å²) in [5.74, 6) is -1.80. The van der Waals surface area contributed by atoms with Crippen molar-refractivity contribution in [3.8, 4) is 6.07 Å². The third-order valence-electron chi connectivity index (χ3n) is 0.905. The van der Waals surface area contributed by atoms with Gasteiger partial charge in [0, 0.05) is 0 Å². The Hall–Kier alpha value is -0.890. The van der Waals surface area contributed by atoms with Crippen molar-refractivity contribution in [3.05, 3.63) is 0 Å². The molecule has 60 valence electrons. The summed E-state index contributed by atoms with van der Waals surface area (Å²) in [5.41, 5.74) is 0. The Labute approximate surface area is 72.8 Å². The van der Waals surface area contributed by atoms with Crippen LogP contribution < -0.4 is 0 Å². The normalized spacial score (nSPS) is 11.4. The zero-order valence-corrected chi connectivity index (χ0v) is 7.51. The molecule has 0 aliphatic rings. The number of nitrogens with one attached hydrogen (secondary N) is 1. The van der Waals surface area contributed by atoms with Crippen molar-refractivity contribution < 1.29 is 9.53 Å². The van der Waals surface area contributed by atoms with E-state index < -0.39 is 11.9 Å². The number of hydrogen-bond donors (Lipinski definition) is 1. The van der Waals surface area contributed by atoms with Crippen molar-refractivity contribution in [1.82, 2.24) is 0 Å². The third-order valence-corrected chi connectivity index (χ3v) is 1.36. The summed E-state index contributed by atoms with van der Waals surface area (Å²) in [5, 5.41) is 15.3. The van der Waals surface area contributed by atoms with Gasteiger partial charge >= 0.3 is 5.97 Å². The van der Waals surface area contributed by atoms with Gasteiger partial charge in [0.05, 0.1) is 12.7 Å². The van der Waals surface area contributed by atoms with Crippen LogP contribution in [-0.4, -0.2) is 17.2 Å². The van der Waals surface area contributed by atoms with Gasteiger partial charge in [-0.2, -0.15) is 5.26 Å². The summed E-state index contributed by atoms with van der Waals surface area (Å²) in [4.78, 5) is 10.8. The van der Waals surface area contributed by atoms with E-state index in [4.69, 9.17) is 10.7 Å². The highest BCUT2D eigenvalue weighted by molar-refractivity contribution is 9.18. The van der Waals surface area contributed by atoms with Gasteiger partial charge in [-0.15, -0.1) is 0 Å². The molecule has 0 bridgehead atoms. The molecule has 0 aromatic rings. The SMILES string of the molecule is CCOC(=O)C(C#N)C(=N)Br. The number of carbonyl (C=O) groups excluding carboxylic acids is 1. The Morgan fingerprint density at radius 3 is 2.73 bits per heavy atom. The van der Waals surface area contributed by atoms with Crippen molar-refractivity contribution in [2.24, 2.45) is 5.92 Å². The fraction of sp³-hybridized carbons (Fsp3) is 0.500. The van der Waals surface area contributed by atoms with E-state index in [0.29, 0.717) is 0 Å². The molecule has 4 nitrogen and oxygen atoms in total. The van der Waals surface area contributed by atoms with Gasteiger partial charge in [-0.05, 0) is 22.9 Å². The Kier molecular flexibility index (Phi) is 4.46. The average molecular weight is 219 g/mol. The smallest absolute Gasteiger partial charge is 0.330 e. The summed E-state index contributed by atoms with van der Waals surface area (Å²) >= 11 is 2.73. The number of carbonyl (C=O) groups is 1. The van der Waals surface area contributed by atoms with Gasteiger partial charge in [-0.3, -0.25) is 10.2 Å². The van der Waals surface area contributed by atoms with E-state index in [1.54, 1.807) is 13.0 Å². The molecule has 0 aliphatic heterocycles. The van der Waals surface area contributed by atoms with Crippen molar-refractivity contribution in [1.29, 1.82) is 10.7 Å². The third kappa shape index (κ3) is 3.14. The number of esters is 1. The van der Waals surface area contributed by atoms with Crippen LogP contribution in [0.3, 0.4) is 0 Å². The lowest BCUT2D eigenvalue weighted by Gasteiger charge is -2.03. The zero-order valence-electron chi connectivity index (χ0n) is 5.93. The van der Waals surface area contributed by atoms with Gasteiger partial charge in [0.15, 0.2) is 5.92 Å². The minimum Gasteiger partial charge on any atom is -0.465 e. The van der Waals surface area contributed by atoms with E-state index in [-0.39, 0.29) is 11.2 Å². The average Bonchev–Trinajstić information content (AvgIpc) is 1.88. The standard InChI is InChI=1S/C6H7BrN2O2/c1-2-11-6(10)4(3-8)5(7)9/h4,9H,2H2,1H3. The maximum absolute atomic E-state index is 10.8. The van der Waals surface area contributed by atoms with E-state index in [0.717, 1.165) is 0 Å². The molecule has 0 fully saturated rings. The zero-order chi connectivity index (χ0) is 8.85. The molecule has 0 saturated carbocycles. The van der Waals surface area contributed by atoms with Gasteiger partial charge in [0.2, 0.25) is 0 Å². The van der Waals surface area contributed by atoms with Gasteiger partial charge < -0.3 is 4.74 Å². The van der Waals surface area contributed by atoms with E-state index in [2.05, 4.69) is 20.7 Å². The lowest BCUT2D eigenvalue weighted by atomic mass is 10.2. The summed E-state index contributed by atoms with van der Waals surface area (Å²) in [6.45, 7) is 1.86. The first kappa shape index (κ1) is 10.1. The lowest BCUT2D eigenvalue weighted by Crippen LogP contribution is -2.20. The fourth-order valence-corrected chi connectivity index (χ4v) is 0.728. The maximum Gasteiger partial charge on any atom is 0.330 e. The molecule has 0 rings (SSSR count). The maximum atomic E-state index is 10.8. The van der Waals surface area contributed by atoms with Crippen LogP contribution >= 0.6 is 15.9 Å². The number of hydrogen-bond acceptors (Lipinski definition) is 4. The predicted molar refractivity (Wildman–Crippen MR) is 42.4 cm³/mol. The highest BCUT2D eigenvalue weighted by Crippen LogP contribution is 2.05. The molecule has 0 radical (unpaired) electrons. The van der Waals surface area contributed by atoms with Gasteiger partial charge in [-0.1, -0.05) is 0 Å². The first-order valence-corrected chi connectivity index (χ1v) is 3.73. The van der Waals surface area contributed by atoms with Gasteiger partial charge in [-0.25, -0.2) is 0 Å². The highest BCUT2D eigenvalue weighted by atomic mass is 79.9. The monoisotopic (exact) mass is 218 g/mol. The second-order valence-electron chi connectivity index (χ2n) is 1.66. The Morgan fingerprint density at radius 1 is 1.91 bits per heavy atom. The van der Waals surface area contributed by atoms with Crippen LogP contribution in [0, 0.1) is 22.7 Å². The van der Waals surface area contributed by atoms with E-state index in [9.17, 15) is 4.79 Å². The van der Waals surface area contributed by atoms with Crippen molar-refractivity contribution in [2.45, 2.75) is 6.92 Å². The Bertz CT molecular complexity index is 209. The van der Waals surface area contributed by atoms with Crippen LogP contribution in [0.15, 0.2) is 0 Å². The van der Waals surface area contributed by atoms with Crippen LogP contribution in [0.1, 0.15) is 6.92 Å². The van der Waals surface area contributed by atoms with Gasteiger partial charge in [0.25, 0.3) is 0 Å². The largest absolute Gasteiger partial charge is 0.465 e. The second kappa shape index (κ2) is 4.85. The lowest BCUT2D eigenvalue weighted by molar-refractivity contribution is -0.143. The molecule has 0 aliphatic carbocycles. The summed E-state index contributed by atoms with van der Waals surface area (Å²) in [7, 11) is 0. The van der Waals surface area contributed by atoms with Crippen molar-refractivity contribution >= 4 is 26.5 Å². The molecule has 0 amide bonds. The van der Waals surface area contributed by atoms with Crippen LogP contribution in [0.5, 0.6) is 0 Å². The molecular weight excluding hydrogens is 212 g/mol. The number of ether oxygens (including phenoxy) is 1. The quantitative estimate of drug-likeness (QED) is 0.569. The van der Waals surface area contributed by atoms with Crippen LogP contribution in [0.2, 0.25) is 0 Å². The molecule has 0 spiro atoms. The molecule has 0 aromatic heterocycles. The minimum absolute atomic E-state index is 0.168. The topological polar surface area (TPSA) is 73.9 Å². The molecule has 0 heterocycles. The fourth-order valence-electron chi connectivity index (χ4n) is 0.438. The first-order valence-electron chi connectivity index (χ1n) is 2.93. The second-order valence-corrected chi connectivity index (χ2v) is 2.52. The minimum atomic E-state index is -1.12. The van der Waals surface area contributed by atoms with Gasteiger partial charge in [0.1, 0.15) is 4.62 Å². The van der Waals surface area contributed by atoms with Crippen LogP contribution in [0.25, 0.3) is 0 Å². The molecule has 11 heavy (non-hydrogen) atoms. The molecular formula is C6H7BrN2O2. The van der Waals surface area contributed by atoms with Crippen LogP contribution in [-0.2, 0) is 9.53 Å². The summed E-state index contributed by atoms with van der Waals surface area (Å²) in [6, 6.07) is 1.64. The molecule has 1 atom stereocenters. The predicted octanol–water partition coefficient (Wildman–Crippen LogP) is 1.06. The van der Waals surface area contributed by atoms with Crippen molar-refractivity contribution in [2.75, 3.05) is 6.61 Å². The molecule has 0 saturated heterocycles. The van der Waals surface area contributed by atoms with Crippen molar-refractivity contribution in [3.63, 3.8) is 0 Å². The molecule has 1 unspecified atom stereocenters. The van der Waals surface area contributed by atoms with E-state index in [1.165, 1.54) is 0 Å². The van der Waals surface area contributed by atoms with Crippen LogP contribution in [0.4, 0.5) is 0 Å². The highest BCUT2D eigenvalue weighted by Gasteiger charge is 2.22. The molecule has 0 aromatic carbocycles. The summed E-state index contributed by atoms with van der Waals surface area (Å²) < 4.78 is 4.36. The van der Waals surface area contributed by atoms with E-state index >= 15 is 0 Å². The summed E-state index contributed by atoms with van der Waals surface area (Å²) in [6.07, 6.45) is 0.